The van der Waals surface area contributed by atoms with E-state index >= 15 is 0 Å². The number of carbonyl (C=O) groups excluding carboxylic acids is 1. The third-order valence-corrected chi connectivity index (χ3v) is 3.32. The molecule has 1 amide bonds. The van der Waals surface area contributed by atoms with Gasteiger partial charge >= 0.3 is 0 Å². The molecule has 3 N–H and O–H groups in total. The molecule has 1 fully saturated rings. The summed E-state index contributed by atoms with van der Waals surface area (Å²) in [4.78, 5) is 27.8. The lowest BCUT2D eigenvalue weighted by atomic mass is 10.1. The Balaban J connectivity index is 2.30. The van der Waals surface area contributed by atoms with Crippen molar-refractivity contribution in [2.45, 2.75) is 19.1 Å². The van der Waals surface area contributed by atoms with Gasteiger partial charge < -0.3 is 20.5 Å². The molecule has 1 aromatic rings. The lowest BCUT2D eigenvalue weighted by molar-refractivity contribution is -0.385. The van der Waals surface area contributed by atoms with Crippen molar-refractivity contribution in [3.8, 4) is 0 Å². The number of hydrogen-bond acceptors (Lipinski definition) is 7. The summed E-state index contributed by atoms with van der Waals surface area (Å²) >= 11 is 0. The smallest absolute Gasteiger partial charge is 0.288 e. The van der Waals surface area contributed by atoms with Gasteiger partial charge in [0.25, 0.3) is 11.6 Å². The number of hydrogen-bond donors (Lipinski definition) is 2. The highest BCUT2D eigenvalue weighted by atomic mass is 16.6. The first kappa shape index (κ1) is 15.1. The minimum Gasteiger partial charge on any atom is -0.394 e. The Morgan fingerprint density at radius 2 is 2.43 bits per heavy atom. The van der Waals surface area contributed by atoms with Crippen LogP contribution in [0.2, 0.25) is 0 Å². The maximum absolute atomic E-state index is 12.5. The summed E-state index contributed by atoms with van der Waals surface area (Å²) in [7, 11) is 0. The van der Waals surface area contributed by atoms with Gasteiger partial charge in [0, 0.05) is 12.6 Å². The van der Waals surface area contributed by atoms with E-state index in [-0.39, 0.29) is 42.9 Å². The van der Waals surface area contributed by atoms with Gasteiger partial charge in [-0.1, -0.05) is 0 Å². The largest absolute Gasteiger partial charge is 0.394 e. The van der Waals surface area contributed by atoms with Crippen LogP contribution in [-0.2, 0) is 4.74 Å². The predicted molar refractivity (Wildman–Crippen MR) is 72.6 cm³/mol. The van der Waals surface area contributed by atoms with Crippen LogP contribution in [-0.4, -0.2) is 57.7 Å². The van der Waals surface area contributed by atoms with Gasteiger partial charge in [-0.15, -0.1) is 0 Å². The summed E-state index contributed by atoms with van der Waals surface area (Å²) in [5, 5.41) is 19.9. The second-order valence-electron chi connectivity index (χ2n) is 4.83. The fourth-order valence-corrected chi connectivity index (χ4v) is 2.10. The Hall–Kier alpha value is -2.26. The lowest BCUT2D eigenvalue weighted by Gasteiger charge is -2.37. The van der Waals surface area contributed by atoms with Gasteiger partial charge in [-0.2, -0.15) is 0 Å². The van der Waals surface area contributed by atoms with Crippen molar-refractivity contribution < 1.29 is 19.6 Å². The Kier molecular flexibility index (Phi) is 4.34. The molecule has 21 heavy (non-hydrogen) atoms. The van der Waals surface area contributed by atoms with Gasteiger partial charge in [0.15, 0.2) is 0 Å². The van der Waals surface area contributed by atoms with E-state index in [4.69, 9.17) is 15.6 Å². The van der Waals surface area contributed by atoms with Crippen LogP contribution in [0.3, 0.4) is 0 Å². The number of carbonyl (C=O) groups is 1. The number of rotatable bonds is 3. The summed E-state index contributed by atoms with van der Waals surface area (Å²) in [5.74, 6) is -0.525. The van der Waals surface area contributed by atoms with Crippen molar-refractivity contribution in [3.05, 3.63) is 27.9 Å². The fraction of sp³-hybridized carbons (Fsp3) is 0.500. The van der Waals surface area contributed by atoms with E-state index in [0.717, 1.165) is 12.3 Å². The minimum atomic E-state index is -0.636. The predicted octanol–water partition coefficient (Wildman–Crippen LogP) is -0.206. The number of aromatic nitrogens is 1. The molecule has 114 valence electrons. The number of pyridine rings is 1. The molecule has 2 atom stereocenters. The SMILES string of the molecule is CC1COC(CO)CN1C(=O)c1cc([N+](=O)[O-])cnc1N. The van der Waals surface area contributed by atoms with Crippen LogP contribution >= 0.6 is 0 Å². The second-order valence-corrected chi connectivity index (χ2v) is 4.83. The van der Waals surface area contributed by atoms with Crippen molar-refractivity contribution >= 4 is 17.4 Å². The first-order valence-electron chi connectivity index (χ1n) is 6.37. The highest BCUT2D eigenvalue weighted by molar-refractivity contribution is 5.99. The zero-order chi connectivity index (χ0) is 15.6. The molecule has 1 aliphatic rings. The van der Waals surface area contributed by atoms with Crippen LogP contribution in [0.15, 0.2) is 12.3 Å². The van der Waals surface area contributed by atoms with E-state index in [1.165, 1.54) is 4.90 Å². The Labute approximate surface area is 120 Å². The average Bonchev–Trinajstić information content (AvgIpc) is 2.47. The quantitative estimate of drug-likeness (QED) is 0.582. The lowest BCUT2D eigenvalue weighted by Crippen LogP contribution is -2.52. The zero-order valence-corrected chi connectivity index (χ0v) is 11.4. The molecule has 0 aromatic carbocycles. The van der Waals surface area contributed by atoms with Crippen LogP contribution < -0.4 is 5.73 Å². The van der Waals surface area contributed by atoms with Crippen LogP contribution in [0.5, 0.6) is 0 Å². The van der Waals surface area contributed by atoms with Gasteiger partial charge in [0.1, 0.15) is 12.0 Å². The summed E-state index contributed by atoms with van der Waals surface area (Å²) < 4.78 is 5.35. The van der Waals surface area contributed by atoms with Crippen LogP contribution in [0.1, 0.15) is 17.3 Å². The third kappa shape index (κ3) is 3.09. The summed E-state index contributed by atoms with van der Waals surface area (Å²) in [6.45, 7) is 2.05. The van der Waals surface area contributed by atoms with E-state index in [9.17, 15) is 14.9 Å². The van der Waals surface area contributed by atoms with E-state index in [1.807, 2.05) is 0 Å². The molecule has 1 saturated heterocycles. The van der Waals surface area contributed by atoms with E-state index in [1.54, 1.807) is 6.92 Å². The first-order chi connectivity index (χ1) is 9.93. The number of nitrogens with zero attached hydrogens (tertiary/aromatic N) is 3. The van der Waals surface area contributed by atoms with Crippen molar-refractivity contribution in [3.63, 3.8) is 0 Å². The maximum atomic E-state index is 12.5. The topological polar surface area (TPSA) is 132 Å². The van der Waals surface area contributed by atoms with Crippen molar-refractivity contribution in [2.24, 2.45) is 0 Å². The summed E-state index contributed by atoms with van der Waals surface area (Å²) in [5.41, 5.74) is 5.33. The van der Waals surface area contributed by atoms with Crippen molar-refractivity contribution in [2.75, 3.05) is 25.5 Å². The van der Waals surface area contributed by atoms with Gasteiger partial charge in [-0.25, -0.2) is 4.98 Å². The Morgan fingerprint density at radius 1 is 1.71 bits per heavy atom. The molecule has 0 spiro atoms. The normalized spacial score (nSPS) is 22.1. The number of aliphatic hydroxyl groups is 1. The maximum Gasteiger partial charge on any atom is 0.288 e. The number of amides is 1. The number of anilines is 1. The van der Waals surface area contributed by atoms with Crippen molar-refractivity contribution in [1.82, 2.24) is 9.88 Å². The number of ether oxygens (including phenoxy) is 1. The molecule has 2 unspecified atom stereocenters. The molecular weight excluding hydrogens is 280 g/mol. The summed E-state index contributed by atoms with van der Waals surface area (Å²) in [6, 6.07) is 0.889. The molecule has 0 aliphatic carbocycles. The number of nitrogen functional groups attached to an aromatic ring is 1. The van der Waals surface area contributed by atoms with E-state index < -0.39 is 16.9 Å². The van der Waals surface area contributed by atoms with Gasteiger partial charge in [0.2, 0.25) is 0 Å². The molecule has 0 saturated carbocycles. The standard InChI is InChI=1S/C12H16N4O5/c1-7-6-21-9(5-17)4-15(7)12(18)10-2-8(16(19)20)3-14-11(10)13/h2-3,7,9,17H,4-6H2,1H3,(H2,13,14). The fourth-order valence-electron chi connectivity index (χ4n) is 2.10. The number of aliphatic hydroxyl groups excluding tert-OH is 1. The van der Waals surface area contributed by atoms with Crippen molar-refractivity contribution in [1.29, 1.82) is 0 Å². The number of nitrogens with two attached hydrogens (primary N) is 1. The van der Waals surface area contributed by atoms with Gasteiger partial charge in [-0.05, 0) is 6.92 Å². The summed E-state index contributed by atoms with van der Waals surface area (Å²) in [6.07, 6.45) is 0.531. The highest BCUT2D eigenvalue weighted by Crippen LogP contribution is 2.21. The minimum absolute atomic E-state index is 0.0189. The first-order valence-corrected chi connectivity index (χ1v) is 6.37. The highest BCUT2D eigenvalue weighted by Gasteiger charge is 2.31. The molecule has 0 radical (unpaired) electrons. The van der Waals surface area contributed by atoms with E-state index in [2.05, 4.69) is 4.98 Å². The Morgan fingerprint density at radius 3 is 3.05 bits per heavy atom. The zero-order valence-electron chi connectivity index (χ0n) is 11.4. The van der Waals surface area contributed by atoms with Gasteiger partial charge in [-0.3, -0.25) is 14.9 Å². The van der Waals surface area contributed by atoms with Crippen LogP contribution in [0, 0.1) is 10.1 Å². The van der Waals surface area contributed by atoms with Gasteiger partial charge in [0.05, 0.1) is 35.8 Å². The average molecular weight is 296 g/mol. The molecule has 2 rings (SSSR count). The third-order valence-electron chi connectivity index (χ3n) is 3.32. The molecule has 9 nitrogen and oxygen atoms in total. The molecule has 1 aliphatic heterocycles. The second kappa shape index (κ2) is 6.02. The molecule has 9 heteroatoms. The molecule has 2 heterocycles. The molecule has 0 bridgehead atoms. The van der Waals surface area contributed by atoms with Crippen LogP contribution in [0.4, 0.5) is 11.5 Å². The number of morpholine rings is 1. The molecular formula is C12H16N4O5. The monoisotopic (exact) mass is 296 g/mol. The van der Waals surface area contributed by atoms with Crippen LogP contribution in [0.25, 0.3) is 0 Å². The van der Waals surface area contributed by atoms with E-state index in [0.29, 0.717) is 0 Å². The molecule has 1 aromatic heterocycles. The Bertz CT molecular complexity index is 565. The number of nitro groups is 1.